The molecule has 5 rings (SSSR count). The number of halogens is 1. The van der Waals surface area contributed by atoms with Crippen molar-refractivity contribution in [2.24, 2.45) is 5.41 Å². The number of rotatable bonds is 8. The van der Waals surface area contributed by atoms with Crippen LogP contribution in [0.2, 0.25) is 5.02 Å². The number of para-hydroxylation sites is 1. The first-order chi connectivity index (χ1) is 17.3. The molecule has 0 saturated heterocycles. The summed E-state index contributed by atoms with van der Waals surface area (Å²) in [6.45, 7) is 4.23. The molecule has 0 radical (unpaired) electrons. The highest BCUT2D eigenvalue weighted by atomic mass is 35.5. The lowest BCUT2D eigenvalue weighted by atomic mass is 9.89. The Hall–Kier alpha value is -3.90. The van der Waals surface area contributed by atoms with E-state index < -0.39 is 11.4 Å². The van der Waals surface area contributed by atoms with E-state index in [-0.39, 0.29) is 6.42 Å². The average Bonchev–Trinajstić information content (AvgIpc) is 3.19. The fraction of sp³-hybridized carbons (Fsp3) is 0.207. The van der Waals surface area contributed by atoms with Gasteiger partial charge in [-0.15, -0.1) is 0 Å². The maximum absolute atomic E-state index is 11.8. The van der Waals surface area contributed by atoms with Gasteiger partial charge in [-0.3, -0.25) is 4.79 Å². The summed E-state index contributed by atoms with van der Waals surface area (Å²) < 4.78 is 8.09. The molecule has 0 amide bonds. The topological polar surface area (TPSA) is 77.2 Å². The lowest BCUT2D eigenvalue weighted by molar-refractivity contribution is -0.146. The number of carboxylic acids is 1. The smallest absolute Gasteiger partial charge is 0.309 e. The standard InChI is InChI=1S/C29H26ClN3O3/c1-29(2,28(34)35)16-27-32-25-15-22(36-18-21-12-11-19-7-4-6-10-24(19)31-21)13-14-26(25)33(27)17-20-8-3-5-9-23(20)30/h3-15H,16-18H2,1-2H3,(H,34,35). The summed E-state index contributed by atoms with van der Waals surface area (Å²) in [5.41, 5.74) is 3.36. The molecule has 0 atom stereocenters. The second-order valence-corrected chi connectivity index (χ2v) is 9.91. The Morgan fingerprint density at radius 3 is 2.56 bits per heavy atom. The fourth-order valence-corrected chi connectivity index (χ4v) is 4.37. The van der Waals surface area contributed by atoms with E-state index in [0.29, 0.717) is 29.7 Å². The van der Waals surface area contributed by atoms with Crippen molar-refractivity contribution in [1.82, 2.24) is 14.5 Å². The number of carboxylic acid groups (broad SMARTS) is 1. The molecule has 36 heavy (non-hydrogen) atoms. The first-order valence-electron chi connectivity index (χ1n) is 11.7. The number of nitrogens with zero attached hydrogens (tertiary/aromatic N) is 3. The van der Waals surface area contributed by atoms with Gasteiger partial charge in [0.05, 0.1) is 34.2 Å². The van der Waals surface area contributed by atoms with E-state index in [1.165, 1.54) is 0 Å². The normalized spacial score (nSPS) is 11.8. The molecule has 0 unspecified atom stereocenters. The van der Waals surface area contributed by atoms with Gasteiger partial charge in [-0.2, -0.15) is 0 Å². The Morgan fingerprint density at radius 2 is 1.75 bits per heavy atom. The van der Waals surface area contributed by atoms with Gasteiger partial charge in [0.1, 0.15) is 18.2 Å². The Labute approximate surface area is 214 Å². The van der Waals surface area contributed by atoms with E-state index in [2.05, 4.69) is 4.98 Å². The van der Waals surface area contributed by atoms with Crippen LogP contribution in [0.25, 0.3) is 21.9 Å². The molecular weight excluding hydrogens is 474 g/mol. The monoisotopic (exact) mass is 499 g/mol. The zero-order chi connectivity index (χ0) is 25.3. The number of aromatic nitrogens is 3. The summed E-state index contributed by atoms with van der Waals surface area (Å²) in [4.78, 5) is 21.3. The molecule has 6 nitrogen and oxygen atoms in total. The number of fused-ring (bicyclic) bond motifs is 2. The van der Waals surface area contributed by atoms with Gasteiger partial charge in [-0.1, -0.05) is 54.1 Å². The number of aliphatic carboxylic acids is 1. The van der Waals surface area contributed by atoms with Crippen molar-refractivity contribution in [2.75, 3.05) is 0 Å². The third kappa shape index (κ3) is 4.90. The average molecular weight is 500 g/mol. The van der Waals surface area contributed by atoms with Crippen molar-refractivity contribution in [3.63, 3.8) is 0 Å². The fourth-order valence-electron chi connectivity index (χ4n) is 4.17. The van der Waals surface area contributed by atoms with E-state index in [9.17, 15) is 9.90 Å². The van der Waals surface area contributed by atoms with Gasteiger partial charge < -0.3 is 14.4 Å². The largest absolute Gasteiger partial charge is 0.487 e. The Morgan fingerprint density at radius 1 is 0.972 bits per heavy atom. The quantitative estimate of drug-likeness (QED) is 0.263. The number of ether oxygens (including phenoxy) is 1. The summed E-state index contributed by atoms with van der Waals surface area (Å²) in [5, 5.41) is 11.5. The van der Waals surface area contributed by atoms with Crippen LogP contribution in [0.15, 0.2) is 78.9 Å². The molecule has 0 aliphatic carbocycles. The number of imidazole rings is 1. The summed E-state index contributed by atoms with van der Waals surface area (Å²) in [6, 6.07) is 25.4. The van der Waals surface area contributed by atoms with Gasteiger partial charge in [-0.05, 0) is 49.7 Å². The number of hydrogen-bond acceptors (Lipinski definition) is 4. The molecule has 3 aromatic carbocycles. The summed E-state index contributed by atoms with van der Waals surface area (Å²) >= 11 is 6.44. The van der Waals surface area contributed by atoms with Crippen LogP contribution in [0, 0.1) is 5.41 Å². The summed E-state index contributed by atoms with van der Waals surface area (Å²) in [5.74, 6) is 0.486. The van der Waals surface area contributed by atoms with Crippen molar-refractivity contribution in [1.29, 1.82) is 0 Å². The molecule has 182 valence electrons. The lowest BCUT2D eigenvalue weighted by Crippen LogP contribution is -2.27. The SMILES string of the molecule is CC(C)(Cc1nc2cc(OCc3ccc4ccccc4n3)ccc2n1Cc1ccccc1Cl)C(=O)O. The zero-order valence-corrected chi connectivity index (χ0v) is 20.9. The lowest BCUT2D eigenvalue weighted by Gasteiger charge is -2.19. The van der Waals surface area contributed by atoms with Crippen LogP contribution >= 0.6 is 11.6 Å². The predicted octanol–water partition coefficient (Wildman–Crippen LogP) is 6.52. The van der Waals surface area contributed by atoms with Gasteiger partial charge in [0.15, 0.2) is 0 Å². The van der Waals surface area contributed by atoms with Gasteiger partial charge in [0.25, 0.3) is 0 Å². The van der Waals surface area contributed by atoms with Crippen molar-refractivity contribution < 1.29 is 14.6 Å². The van der Waals surface area contributed by atoms with Crippen molar-refractivity contribution in [3.05, 3.63) is 101 Å². The van der Waals surface area contributed by atoms with Gasteiger partial charge in [-0.25, -0.2) is 9.97 Å². The van der Waals surface area contributed by atoms with Gasteiger partial charge in [0.2, 0.25) is 0 Å². The first-order valence-corrected chi connectivity index (χ1v) is 12.1. The minimum atomic E-state index is -0.972. The highest BCUT2D eigenvalue weighted by Crippen LogP contribution is 2.29. The van der Waals surface area contributed by atoms with E-state index in [1.54, 1.807) is 13.8 Å². The molecule has 0 fully saturated rings. The Bertz CT molecular complexity index is 1580. The number of hydrogen-bond donors (Lipinski definition) is 1. The van der Waals surface area contributed by atoms with Crippen LogP contribution in [0.5, 0.6) is 5.75 Å². The molecule has 5 aromatic rings. The second-order valence-electron chi connectivity index (χ2n) is 9.51. The molecule has 0 bridgehead atoms. The summed E-state index contributed by atoms with van der Waals surface area (Å²) in [6.07, 6.45) is 0.276. The van der Waals surface area contributed by atoms with Gasteiger partial charge >= 0.3 is 5.97 Å². The maximum atomic E-state index is 11.8. The molecular formula is C29H26ClN3O3. The molecule has 0 aliphatic heterocycles. The Kier molecular flexibility index (Phi) is 6.37. The molecule has 2 aromatic heterocycles. The van der Waals surface area contributed by atoms with Crippen LogP contribution in [0.1, 0.15) is 30.9 Å². The van der Waals surface area contributed by atoms with Crippen molar-refractivity contribution >= 4 is 39.5 Å². The summed E-state index contributed by atoms with van der Waals surface area (Å²) in [7, 11) is 0. The zero-order valence-electron chi connectivity index (χ0n) is 20.1. The third-order valence-corrected chi connectivity index (χ3v) is 6.68. The molecule has 2 heterocycles. The van der Waals surface area contributed by atoms with E-state index in [4.69, 9.17) is 21.3 Å². The number of pyridine rings is 1. The minimum Gasteiger partial charge on any atom is -0.487 e. The van der Waals surface area contributed by atoms with Crippen LogP contribution in [0.3, 0.4) is 0 Å². The highest BCUT2D eigenvalue weighted by Gasteiger charge is 2.30. The van der Waals surface area contributed by atoms with E-state index >= 15 is 0 Å². The van der Waals surface area contributed by atoms with Crippen LogP contribution in [-0.2, 0) is 24.4 Å². The van der Waals surface area contributed by atoms with Gasteiger partial charge in [0, 0.05) is 22.9 Å². The maximum Gasteiger partial charge on any atom is 0.309 e. The third-order valence-electron chi connectivity index (χ3n) is 6.31. The van der Waals surface area contributed by atoms with Crippen LogP contribution in [0.4, 0.5) is 0 Å². The highest BCUT2D eigenvalue weighted by molar-refractivity contribution is 6.31. The predicted molar refractivity (Wildman–Crippen MR) is 141 cm³/mol. The minimum absolute atomic E-state index is 0.276. The van der Waals surface area contributed by atoms with Crippen LogP contribution in [-0.4, -0.2) is 25.6 Å². The van der Waals surface area contributed by atoms with Crippen LogP contribution < -0.4 is 4.74 Å². The van der Waals surface area contributed by atoms with Crippen molar-refractivity contribution in [2.45, 2.75) is 33.4 Å². The molecule has 0 spiro atoms. The number of carbonyl (C=O) groups is 1. The van der Waals surface area contributed by atoms with E-state index in [1.807, 2.05) is 83.4 Å². The Balaban J connectivity index is 1.46. The number of benzene rings is 3. The molecule has 7 heteroatoms. The molecule has 1 N–H and O–H groups in total. The molecule has 0 aliphatic rings. The first kappa shape index (κ1) is 23.8. The second kappa shape index (κ2) is 9.63. The van der Waals surface area contributed by atoms with E-state index in [0.717, 1.165) is 33.2 Å². The molecule has 0 saturated carbocycles. The van der Waals surface area contributed by atoms with Crippen molar-refractivity contribution in [3.8, 4) is 5.75 Å².